The summed E-state index contributed by atoms with van der Waals surface area (Å²) in [6.45, 7) is 3.14. The number of para-hydroxylation sites is 2. The molecule has 18 heavy (non-hydrogen) atoms. The molecule has 0 atom stereocenters. The number of rotatable bonds is 8. The van der Waals surface area contributed by atoms with Crippen LogP contribution < -0.4 is 15.2 Å². The average molecular weight is 252 g/mol. The van der Waals surface area contributed by atoms with Crippen molar-refractivity contribution in [1.82, 2.24) is 0 Å². The predicted octanol–water partition coefficient (Wildman–Crippen LogP) is 2.38. The average Bonchev–Trinajstić information content (AvgIpc) is 2.40. The van der Waals surface area contributed by atoms with E-state index in [2.05, 4.69) is 5.16 Å². The Bertz CT molecular complexity index is 380. The highest BCUT2D eigenvalue weighted by molar-refractivity contribution is 5.79. The number of nitrogens with two attached hydrogens (primary N) is 1. The first-order valence-electron chi connectivity index (χ1n) is 6.09. The van der Waals surface area contributed by atoms with E-state index < -0.39 is 0 Å². The van der Waals surface area contributed by atoms with Crippen LogP contribution in [-0.2, 0) is 0 Å². The Balaban J connectivity index is 2.30. The third kappa shape index (κ3) is 4.95. The van der Waals surface area contributed by atoms with Crippen LogP contribution in [0.3, 0.4) is 0 Å². The number of benzene rings is 1. The second-order valence-corrected chi connectivity index (χ2v) is 3.78. The Labute approximate surface area is 107 Å². The van der Waals surface area contributed by atoms with Gasteiger partial charge in [-0.15, -0.1) is 0 Å². The molecule has 3 N–H and O–H groups in total. The lowest BCUT2D eigenvalue weighted by molar-refractivity contribution is 0.271. The molecule has 5 heteroatoms. The summed E-state index contributed by atoms with van der Waals surface area (Å²) in [5.41, 5.74) is 5.37. The summed E-state index contributed by atoms with van der Waals surface area (Å²) in [7, 11) is 0. The molecule has 0 amide bonds. The lowest BCUT2D eigenvalue weighted by Gasteiger charge is -2.11. The van der Waals surface area contributed by atoms with E-state index in [4.69, 9.17) is 20.4 Å². The summed E-state index contributed by atoms with van der Waals surface area (Å²) in [6, 6.07) is 7.59. The minimum atomic E-state index is 0.254. The molecule has 5 nitrogen and oxygen atoms in total. The molecule has 0 saturated heterocycles. The van der Waals surface area contributed by atoms with Gasteiger partial charge in [-0.2, -0.15) is 0 Å². The number of amidine groups is 1. The Morgan fingerprint density at radius 2 is 1.89 bits per heavy atom. The Kier molecular flexibility index (Phi) is 6.46. The third-order valence-corrected chi connectivity index (χ3v) is 2.36. The molecule has 0 aliphatic heterocycles. The fraction of sp³-hybridized carbons (Fsp3) is 0.462. The van der Waals surface area contributed by atoms with Crippen LogP contribution in [0.15, 0.2) is 29.4 Å². The highest BCUT2D eigenvalue weighted by atomic mass is 16.5. The number of ether oxygens (including phenoxy) is 2. The first kappa shape index (κ1) is 14.2. The van der Waals surface area contributed by atoms with Gasteiger partial charge in [0.15, 0.2) is 11.5 Å². The van der Waals surface area contributed by atoms with Crippen molar-refractivity contribution in [2.45, 2.75) is 26.2 Å². The van der Waals surface area contributed by atoms with E-state index >= 15 is 0 Å². The largest absolute Gasteiger partial charge is 0.490 e. The van der Waals surface area contributed by atoms with Gasteiger partial charge in [0, 0.05) is 6.42 Å². The van der Waals surface area contributed by atoms with Gasteiger partial charge in [0.05, 0.1) is 13.2 Å². The quantitative estimate of drug-likeness (QED) is 0.245. The molecule has 0 heterocycles. The van der Waals surface area contributed by atoms with E-state index in [1.165, 1.54) is 0 Å². The molecule has 0 spiro atoms. The molecule has 0 aliphatic carbocycles. The minimum Gasteiger partial charge on any atom is -0.490 e. The number of oxime groups is 1. The molecule has 1 aromatic carbocycles. The van der Waals surface area contributed by atoms with Gasteiger partial charge in [-0.25, -0.2) is 0 Å². The van der Waals surface area contributed by atoms with Gasteiger partial charge >= 0.3 is 0 Å². The van der Waals surface area contributed by atoms with E-state index in [0.29, 0.717) is 19.6 Å². The van der Waals surface area contributed by atoms with Crippen molar-refractivity contribution in [1.29, 1.82) is 0 Å². The van der Waals surface area contributed by atoms with E-state index in [0.717, 1.165) is 24.3 Å². The molecule has 0 aromatic heterocycles. The molecule has 0 aliphatic rings. The summed E-state index contributed by atoms with van der Waals surface area (Å²) in [4.78, 5) is 0. The molecular formula is C13H20N2O3. The third-order valence-electron chi connectivity index (χ3n) is 2.36. The fourth-order valence-corrected chi connectivity index (χ4v) is 1.48. The maximum atomic E-state index is 8.38. The van der Waals surface area contributed by atoms with Crippen LogP contribution in [0.25, 0.3) is 0 Å². The summed E-state index contributed by atoms with van der Waals surface area (Å²) in [5.74, 6) is 1.77. The summed E-state index contributed by atoms with van der Waals surface area (Å²) < 4.78 is 11.1. The van der Waals surface area contributed by atoms with Gasteiger partial charge < -0.3 is 20.4 Å². The van der Waals surface area contributed by atoms with Crippen molar-refractivity contribution in [2.75, 3.05) is 13.2 Å². The van der Waals surface area contributed by atoms with Crippen LogP contribution in [0.4, 0.5) is 0 Å². The summed E-state index contributed by atoms with van der Waals surface area (Å²) in [6.07, 6.45) is 2.25. The molecule has 0 saturated carbocycles. The monoisotopic (exact) mass is 252 g/mol. The maximum Gasteiger partial charge on any atom is 0.161 e. The smallest absolute Gasteiger partial charge is 0.161 e. The second kappa shape index (κ2) is 8.22. The van der Waals surface area contributed by atoms with Crippen LogP contribution in [0.2, 0.25) is 0 Å². The van der Waals surface area contributed by atoms with Crippen molar-refractivity contribution in [2.24, 2.45) is 10.9 Å². The van der Waals surface area contributed by atoms with E-state index in [9.17, 15) is 0 Å². The standard InChI is InChI=1S/C13H20N2O3/c1-2-17-11-7-3-4-8-12(11)18-10-6-5-9-13(14)15-16/h3-4,7-8,16H,2,5-6,9-10H2,1H3,(H2,14,15). The zero-order chi connectivity index (χ0) is 13.2. The number of nitrogens with zero attached hydrogens (tertiary/aromatic N) is 1. The van der Waals surface area contributed by atoms with Crippen LogP contribution in [0.5, 0.6) is 11.5 Å². The Hall–Kier alpha value is -1.91. The number of hydrogen-bond acceptors (Lipinski definition) is 4. The van der Waals surface area contributed by atoms with Crippen LogP contribution in [0, 0.1) is 0 Å². The molecule has 0 fully saturated rings. The molecule has 1 aromatic rings. The lowest BCUT2D eigenvalue weighted by atomic mass is 10.2. The van der Waals surface area contributed by atoms with Crippen molar-refractivity contribution in [3.8, 4) is 11.5 Å². The highest BCUT2D eigenvalue weighted by Gasteiger charge is 2.03. The van der Waals surface area contributed by atoms with Gasteiger partial charge in [-0.05, 0) is 31.9 Å². The molecule has 0 unspecified atom stereocenters. The van der Waals surface area contributed by atoms with Gasteiger partial charge in [0.2, 0.25) is 0 Å². The topological polar surface area (TPSA) is 77.1 Å². The van der Waals surface area contributed by atoms with E-state index in [-0.39, 0.29) is 5.84 Å². The molecule has 100 valence electrons. The first-order valence-corrected chi connectivity index (χ1v) is 6.09. The van der Waals surface area contributed by atoms with Crippen molar-refractivity contribution < 1.29 is 14.7 Å². The fourth-order valence-electron chi connectivity index (χ4n) is 1.48. The van der Waals surface area contributed by atoms with Gasteiger partial charge in [0.25, 0.3) is 0 Å². The van der Waals surface area contributed by atoms with Gasteiger partial charge in [-0.3, -0.25) is 0 Å². The zero-order valence-electron chi connectivity index (χ0n) is 10.6. The highest BCUT2D eigenvalue weighted by Crippen LogP contribution is 2.26. The number of hydrogen-bond donors (Lipinski definition) is 2. The summed E-state index contributed by atoms with van der Waals surface area (Å²) >= 11 is 0. The number of unbranched alkanes of at least 4 members (excludes halogenated alkanes) is 1. The predicted molar refractivity (Wildman–Crippen MR) is 70.4 cm³/mol. The molecule has 0 bridgehead atoms. The second-order valence-electron chi connectivity index (χ2n) is 3.78. The molecular weight excluding hydrogens is 232 g/mol. The zero-order valence-corrected chi connectivity index (χ0v) is 10.6. The van der Waals surface area contributed by atoms with E-state index in [1.807, 2.05) is 31.2 Å². The summed E-state index contributed by atoms with van der Waals surface area (Å²) in [5, 5.41) is 11.3. The first-order chi connectivity index (χ1) is 8.77. The minimum absolute atomic E-state index is 0.254. The maximum absolute atomic E-state index is 8.38. The van der Waals surface area contributed by atoms with Crippen molar-refractivity contribution >= 4 is 5.84 Å². The van der Waals surface area contributed by atoms with Gasteiger partial charge in [0.1, 0.15) is 5.84 Å². The van der Waals surface area contributed by atoms with Crippen LogP contribution in [0.1, 0.15) is 26.2 Å². The van der Waals surface area contributed by atoms with E-state index in [1.54, 1.807) is 0 Å². The van der Waals surface area contributed by atoms with Crippen molar-refractivity contribution in [3.63, 3.8) is 0 Å². The van der Waals surface area contributed by atoms with Crippen molar-refractivity contribution in [3.05, 3.63) is 24.3 Å². The molecule has 0 radical (unpaired) electrons. The lowest BCUT2D eigenvalue weighted by Crippen LogP contribution is -2.11. The van der Waals surface area contributed by atoms with Crippen LogP contribution >= 0.6 is 0 Å². The molecule has 1 rings (SSSR count). The SMILES string of the molecule is CCOc1ccccc1OCCCCC(N)=NO. The van der Waals surface area contributed by atoms with Crippen LogP contribution in [-0.4, -0.2) is 24.3 Å². The normalized spacial score (nSPS) is 11.3. The Morgan fingerprint density at radius 3 is 2.50 bits per heavy atom. The van der Waals surface area contributed by atoms with Gasteiger partial charge in [-0.1, -0.05) is 17.3 Å². The Morgan fingerprint density at radius 1 is 1.22 bits per heavy atom.